The van der Waals surface area contributed by atoms with Crippen LogP contribution in [0.25, 0.3) is 10.9 Å². The fraction of sp³-hybridized carbons (Fsp3) is 0.533. The van der Waals surface area contributed by atoms with Gasteiger partial charge < -0.3 is 24.3 Å². The summed E-state index contributed by atoms with van der Waals surface area (Å²) in [5.41, 5.74) is 4.36. The van der Waals surface area contributed by atoms with Gasteiger partial charge in [0, 0.05) is 42.1 Å². The first kappa shape index (κ1) is 21.3. The molecule has 5 atom stereocenters. The largest absolute Gasteiger partial charge is 0.493 e. The molecule has 2 fully saturated rings. The van der Waals surface area contributed by atoms with Gasteiger partial charge in [0.05, 0.1) is 35.4 Å². The molecule has 3 aromatic rings. The topological polar surface area (TPSA) is 67.1 Å². The van der Waals surface area contributed by atoms with Crippen LogP contribution in [0.1, 0.15) is 65.8 Å². The second-order valence-corrected chi connectivity index (χ2v) is 12.3. The third-order valence-corrected chi connectivity index (χ3v) is 10.7. The molecule has 2 bridgehead atoms. The van der Waals surface area contributed by atoms with Crippen molar-refractivity contribution in [2.45, 2.75) is 74.3 Å². The summed E-state index contributed by atoms with van der Waals surface area (Å²) in [6.45, 7) is 2.62. The van der Waals surface area contributed by atoms with Crippen molar-refractivity contribution in [3.63, 3.8) is 0 Å². The molecule has 1 aromatic heterocycles. The second-order valence-electron chi connectivity index (χ2n) is 12.3. The summed E-state index contributed by atoms with van der Waals surface area (Å²) >= 11 is 0. The molecule has 2 N–H and O–H groups in total. The van der Waals surface area contributed by atoms with Crippen LogP contribution in [0.15, 0.2) is 24.3 Å². The van der Waals surface area contributed by atoms with Gasteiger partial charge in [0.15, 0.2) is 17.6 Å². The van der Waals surface area contributed by atoms with Gasteiger partial charge in [-0.05, 0) is 73.9 Å². The van der Waals surface area contributed by atoms with Crippen molar-refractivity contribution >= 4 is 10.9 Å². The lowest BCUT2D eigenvalue weighted by Gasteiger charge is -2.63. The Morgan fingerprint density at radius 1 is 1.19 bits per heavy atom. The lowest BCUT2D eigenvalue weighted by molar-refractivity contribution is -0.173. The highest BCUT2D eigenvalue weighted by Crippen LogP contribution is 2.69. The van der Waals surface area contributed by atoms with Crippen LogP contribution in [0, 0.1) is 11.7 Å². The highest BCUT2D eigenvalue weighted by molar-refractivity contribution is 5.90. The van der Waals surface area contributed by atoms with Crippen molar-refractivity contribution in [3.8, 4) is 11.5 Å². The Morgan fingerprint density at radius 3 is 2.86 bits per heavy atom. The smallest absolute Gasteiger partial charge is 0.166 e. The Balaban J connectivity index is 1.36. The van der Waals surface area contributed by atoms with Gasteiger partial charge in [0.25, 0.3) is 0 Å². The number of aryl methyl sites for hydroxylation is 1. The van der Waals surface area contributed by atoms with E-state index < -0.39 is 17.1 Å². The fourth-order valence-electron chi connectivity index (χ4n) is 9.02. The average molecular weight is 503 g/mol. The molecule has 37 heavy (non-hydrogen) atoms. The fourth-order valence-corrected chi connectivity index (χ4v) is 9.02. The minimum Gasteiger partial charge on any atom is -0.493 e. The van der Waals surface area contributed by atoms with Crippen LogP contribution in [0.4, 0.5) is 4.39 Å². The van der Waals surface area contributed by atoms with Crippen LogP contribution in [-0.2, 0) is 24.8 Å². The molecule has 0 amide bonds. The van der Waals surface area contributed by atoms with E-state index in [0.29, 0.717) is 30.7 Å². The Bertz CT molecular complexity index is 1530. The number of nitrogens with zero attached hydrogens (tertiary/aromatic N) is 2. The summed E-state index contributed by atoms with van der Waals surface area (Å²) in [5, 5.41) is 24.7. The highest BCUT2D eigenvalue weighted by Gasteiger charge is 2.73. The van der Waals surface area contributed by atoms with Crippen molar-refractivity contribution < 1.29 is 24.1 Å². The zero-order chi connectivity index (χ0) is 24.8. The Labute approximate surface area is 214 Å². The minimum atomic E-state index is -1.04. The van der Waals surface area contributed by atoms with Gasteiger partial charge in [-0.25, -0.2) is 4.39 Å². The molecule has 0 unspecified atom stereocenters. The van der Waals surface area contributed by atoms with E-state index in [2.05, 4.69) is 15.5 Å². The zero-order valence-electron chi connectivity index (χ0n) is 21.0. The molecule has 4 heterocycles. The van der Waals surface area contributed by atoms with Gasteiger partial charge in [-0.3, -0.25) is 4.90 Å². The second kappa shape index (κ2) is 6.68. The summed E-state index contributed by atoms with van der Waals surface area (Å²) in [6, 6.07) is 7.25. The maximum absolute atomic E-state index is 14.9. The first-order valence-electron chi connectivity index (χ1n) is 13.8. The molecular formula is C30H31FN2O4. The summed E-state index contributed by atoms with van der Waals surface area (Å²) in [5.74, 6) is 1.87. The molecule has 1 saturated carbocycles. The number of ether oxygens (including phenoxy) is 2. The maximum Gasteiger partial charge on any atom is 0.166 e. The Morgan fingerprint density at radius 2 is 2.05 bits per heavy atom. The molecule has 192 valence electrons. The number of rotatable bonds is 3. The molecule has 1 spiro atoms. The number of benzene rings is 2. The van der Waals surface area contributed by atoms with Crippen molar-refractivity contribution in [1.29, 1.82) is 0 Å². The lowest BCUT2D eigenvalue weighted by atomic mass is 9.49. The first-order chi connectivity index (χ1) is 17.9. The van der Waals surface area contributed by atoms with Crippen molar-refractivity contribution in [2.75, 3.05) is 20.2 Å². The number of aliphatic hydroxyl groups excluding tert-OH is 1. The van der Waals surface area contributed by atoms with Crippen LogP contribution in [0.3, 0.4) is 0 Å². The predicted molar refractivity (Wildman–Crippen MR) is 135 cm³/mol. The number of aromatic nitrogens is 1. The zero-order valence-corrected chi connectivity index (χ0v) is 21.0. The van der Waals surface area contributed by atoms with Crippen LogP contribution in [-0.4, -0.2) is 51.5 Å². The summed E-state index contributed by atoms with van der Waals surface area (Å²) in [4.78, 5) is 2.54. The lowest BCUT2D eigenvalue weighted by Crippen LogP contribution is -2.74. The standard InChI is InChI=1S/C30H31FN2O4/c1-36-22-5-4-16-10-23-30(35)13-20-18-11-17(31)12-19-21(34)6-8-33(25(18)19)26(20)28-29(30,24(16)27(22)37-28)7-9-32(23)14-15-2-3-15/h4-5,11-12,15,21,23,28,34-35H,2-3,6-10,13-14H2,1H3/t21-,23-,28+,29+,30-/m1/s1. The molecule has 6 nitrogen and oxygen atoms in total. The highest BCUT2D eigenvalue weighted by atomic mass is 19.1. The first-order valence-corrected chi connectivity index (χ1v) is 13.8. The predicted octanol–water partition coefficient (Wildman–Crippen LogP) is 3.93. The van der Waals surface area contributed by atoms with Crippen molar-refractivity contribution in [3.05, 3.63) is 58.0 Å². The van der Waals surface area contributed by atoms with E-state index in [1.54, 1.807) is 13.2 Å². The van der Waals surface area contributed by atoms with Crippen LogP contribution in [0.2, 0.25) is 0 Å². The number of halogens is 1. The number of likely N-dealkylation sites (tertiary alicyclic amines) is 1. The molecule has 2 aromatic carbocycles. The number of aliphatic hydroxyl groups is 2. The van der Waals surface area contributed by atoms with E-state index in [1.807, 2.05) is 6.07 Å². The van der Waals surface area contributed by atoms with E-state index in [4.69, 9.17) is 9.47 Å². The average Bonchev–Trinajstić information content (AvgIpc) is 3.55. The Hall–Kier alpha value is -2.61. The van der Waals surface area contributed by atoms with Crippen LogP contribution < -0.4 is 9.47 Å². The molecule has 6 aliphatic rings. The minimum absolute atomic E-state index is 0.0184. The number of piperidine rings is 1. The van der Waals surface area contributed by atoms with E-state index in [-0.39, 0.29) is 18.0 Å². The summed E-state index contributed by atoms with van der Waals surface area (Å²) in [6.07, 6.45) is 4.08. The monoisotopic (exact) mass is 502 g/mol. The molecule has 3 aliphatic carbocycles. The molecule has 0 radical (unpaired) electrons. The molecule has 9 rings (SSSR count). The SMILES string of the molecule is COc1ccc2c3c1O[C@H]1c4c(c5cc(F)cc6c5n4CC[C@H]6O)C[C@@]4(O)[C@@H](C2)N(CC2CC2)CC[C@]314. The quantitative estimate of drug-likeness (QED) is 0.568. The number of fused-ring (bicyclic) bond motifs is 4. The molecule has 3 aliphatic heterocycles. The summed E-state index contributed by atoms with van der Waals surface area (Å²) < 4.78 is 29.9. The maximum atomic E-state index is 14.9. The number of hydrogen-bond donors (Lipinski definition) is 2. The Kier molecular flexibility index (Phi) is 3.85. The van der Waals surface area contributed by atoms with Crippen molar-refractivity contribution in [2.24, 2.45) is 5.92 Å². The van der Waals surface area contributed by atoms with Crippen LogP contribution in [0.5, 0.6) is 11.5 Å². The number of methoxy groups -OCH3 is 1. The van der Waals surface area contributed by atoms with Crippen LogP contribution >= 0.6 is 0 Å². The normalized spacial score (nSPS) is 34.8. The van der Waals surface area contributed by atoms with Gasteiger partial charge in [0.1, 0.15) is 5.82 Å². The van der Waals surface area contributed by atoms with E-state index >= 15 is 0 Å². The number of hydrogen-bond acceptors (Lipinski definition) is 5. The van der Waals surface area contributed by atoms with Gasteiger partial charge in [0.2, 0.25) is 0 Å². The van der Waals surface area contributed by atoms with Gasteiger partial charge in [-0.2, -0.15) is 0 Å². The molecular weight excluding hydrogens is 471 g/mol. The van der Waals surface area contributed by atoms with E-state index in [1.165, 1.54) is 24.5 Å². The van der Waals surface area contributed by atoms with Crippen molar-refractivity contribution in [1.82, 2.24) is 9.47 Å². The van der Waals surface area contributed by atoms with E-state index in [9.17, 15) is 14.6 Å². The molecule has 1 saturated heterocycles. The summed E-state index contributed by atoms with van der Waals surface area (Å²) in [7, 11) is 1.68. The molecule has 7 heteroatoms. The van der Waals surface area contributed by atoms with Gasteiger partial charge >= 0.3 is 0 Å². The third-order valence-electron chi connectivity index (χ3n) is 10.7. The van der Waals surface area contributed by atoms with Gasteiger partial charge in [-0.1, -0.05) is 6.07 Å². The van der Waals surface area contributed by atoms with E-state index in [0.717, 1.165) is 65.3 Å². The third kappa shape index (κ3) is 2.35. The van der Waals surface area contributed by atoms with Gasteiger partial charge in [-0.15, -0.1) is 0 Å².